The van der Waals surface area contributed by atoms with Gasteiger partial charge in [-0.1, -0.05) is 30.3 Å². The first-order chi connectivity index (χ1) is 61.9. The molecule has 134 heavy (non-hydrogen) atoms. The first-order valence-corrected chi connectivity index (χ1v) is 49.3. The van der Waals surface area contributed by atoms with Gasteiger partial charge in [0.05, 0.1) is 114 Å². The van der Waals surface area contributed by atoms with E-state index in [0.29, 0.717) is 115 Å². The zero-order chi connectivity index (χ0) is 89.9. The number of likely N-dealkylation sites (N-methyl/N-ethyl adjacent to an activating group) is 4. The first-order valence-electron chi connectivity index (χ1n) is 49.3. The van der Waals surface area contributed by atoms with E-state index in [2.05, 4.69) is 39.2 Å². The number of aliphatic hydroxyl groups excluding tert-OH is 1. The fourth-order valence-electron chi connectivity index (χ4n) is 33.1. The summed E-state index contributed by atoms with van der Waals surface area (Å²) in [6, 6.07) is 14.4. The van der Waals surface area contributed by atoms with Gasteiger partial charge in [-0.15, -0.1) is 0 Å². The van der Waals surface area contributed by atoms with Crippen molar-refractivity contribution >= 4 is 40.5 Å². The Kier molecular flexibility index (Phi) is 21.5. The van der Waals surface area contributed by atoms with Gasteiger partial charge < -0.3 is 156 Å². The first kappa shape index (κ1) is 93.8. The standard InChI is InChI=1S/C21H23NO5.3C21H25NO4.C20H23NO4.4BrH/c1-22(10-11-2-3-11)7-6-20-17-12-4-5-13(23)18(17)27-19(20)14(24)9-16(25)21(20,26)15(22)8-12;2*1-22(11-12-2-3-12)9-8-20-17-13-4-5-14(23)18(17)26-19(20)15(24)6-7-21(20,25)16(22)10-13;1-22(12-13-2-3-13)9-8-20-11-15(23)6-7-21(20,26)17(22)10-14-4-5-16(24)19(25)18(14)20;22-13-4-3-12-9-15-20(24)6-5-14(23)18-19(20,16(12)17(13)25-18)7-8-21(15)10-11-1-2-11;;;;/h4-5,11,15,19,26H,2-3,6-10H2,1H3;2*4-5,12,16,19,25H,2-3,6-11H2,1H3;4-5,10,13,17,26H,2-3,6-9,11-12H2,1H3;3-4,11,15,18,22,24H,1-2,5-10H2;4*1H/t15-,19+,20+,21+,22?;2*16-,19+,20+,21-,22?;17-,20-,21-,22?;15-,18+,19+,20-;;;;/m11111..../s1. The Labute approximate surface area is 822 Å². The summed E-state index contributed by atoms with van der Waals surface area (Å²) in [5.41, 5.74) is -0.0713. The predicted molar refractivity (Wildman–Crippen MR) is 468 cm³/mol. The van der Waals surface area contributed by atoms with Crippen LogP contribution in [0, 0.1) is 35.0 Å². The minimum atomic E-state index is -1.61. The summed E-state index contributed by atoms with van der Waals surface area (Å²) >= 11 is 0. The minimum absolute atomic E-state index is 0. The number of ether oxygens (including phenoxy) is 4. The van der Waals surface area contributed by atoms with E-state index in [1.165, 1.54) is 70.3 Å². The second kappa shape index (κ2) is 30.8. The SMILES string of the molecule is C[N+]1(CC2CC2)CC[C@]23CC(=O)CC[C@@]2(O)[C@H]1C=C1C=CC(=O)C(O)=C13.C[N+]1(CC2CC2)CC[C@]23c4c5ccc(O)c4O[C@H]2C(=O)CC(=O)[C@@]3(O)[C@H]1C5.C[N+]1(CC2CC2)CC[C@]23c4c5ccc(O)c4O[C@H]2C(=O)CC[C@@]3(O)[C@H]1C5.C[N+]1(CC2CC2)CC[C@]23c4c5ccc(O)c4O[C@H]2C(=O)CC[C@@]3(O)[C@H]1C5.O=C1CC[C@@]2(O)[C@H]3Cc4ccc(O)c5c4[C@@]2(CCN3CC2CC2)[C@H]1O5.[Br-].[Br-].[Br-].[Br-]. The van der Waals surface area contributed by atoms with Crippen LogP contribution in [0.2, 0.25) is 0 Å². The molecule has 4 aromatic carbocycles. The fraction of sp³-hybridized carbons (Fsp3) is 0.644. The number of aromatic hydroxyl groups is 4. The number of carbonyl (C=O) groups excluding carboxylic acids is 7. The molecule has 0 radical (unpaired) electrons. The van der Waals surface area contributed by atoms with Crippen LogP contribution in [-0.4, -0.2) is 291 Å². The van der Waals surface area contributed by atoms with Crippen molar-refractivity contribution in [2.45, 2.75) is 290 Å². The molecule has 720 valence electrons. The number of rotatable bonds is 10. The highest BCUT2D eigenvalue weighted by molar-refractivity contribution is 6.12. The van der Waals surface area contributed by atoms with Crippen molar-refractivity contribution in [2.75, 3.05) is 93.6 Å². The molecular formula is C104H125Br4N5O21. The van der Waals surface area contributed by atoms with E-state index in [9.17, 15) is 84.6 Å². The molecule has 10 N–H and O–H groups in total. The maximum atomic E-state index is 13.2. The molecule has 0 aromatic heterocycles. The average molecular weight is 2100 g/mol. The van der Waals surface area contributed by atoms with E-state index >= 15 is 0 Å². The van der Waals surface area contributed by atoms with Crippen LogP contribution in [0.1, 0.15) is 205 Å². The smallest absolute Gasteiger partial charge is 0.220 e. The van der Waals surface area contributed by atoms with Gasteiger partial charge in [0.1, 0.15) is 46.8 Å². The molecule has 25 aliphatic rings. The highest BCUT2D eigenvalue weighted by atomic mass is 79.9. The van der Waals surface area contributed by atoms with E-state index < -0.39 is 85.3 Å². The molecule has 16 aliphatic carbocycles. The van der Waals surface area contributed by atoms with Gasteiger partial charge in [0.2, 0.25) is 5.78 Å². The lowest BCUT2D eigenvalue weighted by Crippen LogP contribution is -3.00. The molecule has 29 rings (SSSR count). The Bertz CT molecular complexity index is 5750. The fourth-order valence-corrected chi connectivity index (χ4v) is 33.1. The second-order valence-electron chi connectivity index (χ2n) is 46.8. The Balaban J connectivity index is 0.0000000998. The molecule has 10 saturated carbocycles. The van der Waals surface area contributed by atoms with Gasteiger partial charge in [0, 0.05) is 147 Å². The van der Waals surface area contributed by atoms with Crippen molar-refractivity contribution in [3.05, 3.63) is 128 Å². The topological polar surface area (TPSA) is 362 Å². The summed E-state index contributed by atoms with van der Waals surface area (Å²) in [4.78, 5) is 91.4. The number of hydrogen-bond donors (Lipinski definition) is 10. The van der Waals surface area contributed by atoms with Crippen LogP contribution in [0.4, 0.5) is 0 Å². The largest absolute Gasteiger partial charge is 1.00 e. The van der Waals surface area contributed by atoms with Crippen LogP contribution in [0.25, 0.3) is 0 Å². The molecule has 4 aromatic rings. The lowest BCUT2D eigenvalue weighted by molar-refractivity contribution is -0.950. The van der Waals surface area contributed by atoms with Gasteiger partial charge in [0.15, 0.2) is 111 Å². The van der Waals surface area contributed by atoms with Gasteiger partial charge in [-0.05, 0) is 179 Å². The van der Waals surface area contributed by atoms with Gasteiger partial charge >= 0.3 is 0 Å². The van der Waals surface area contributed by atoms with Crippen molar-refractivity contribution in [1.82, 2.24) is 4.90 Å². The third kappa shape index (κ3) is 12.2. The van der Waals surface area contributed by atoms with E-state index in [-0.39, 0.29) is 174 Å². The highest BCUT2D eigenvalue weighted by Crippen LogP contribution is 2.72. The zero-order valence-corrected chi connectivity index (χ0v) is 83.1. The molecule has 9 aliphatic heterocycles. The molecule has 9 heterocycles. The minimum Gasteiger partial charge on any atom is -1.00 e. The summed E-state index contributed by atoms with van der Waals surface area (Å²) in [6.07, 6.45) is 24.9. The van der Waals surface area contributed by atoms with Crippen molar-refractivity contribution < 1.29 is 189 Å². The van der Waals surface area contributed by atoms with E-state index in [0.717, 1.165) is 186 Å². The predicted octanol–water partition coefficient (Wildman–Crippen LogP) is -4.29. The van der Waals surface area contributed by atoms with Crippen LogP contribution in [-0.2, 0) is 80.9 Å². The maximum absolute atomic E-state index is 13.2. The Morgan fingerprint density at radius 3 is 1.22 bits per heavy atom. The molecule has 5 saturated heterocycles. The van der Waals surface area contributed by atoms with E-state index in [1.807, 2.05) is 24.3 Å². The third-order valence-electron chi connectivity index (χ3n) is 39.9. The monoisotopic (exact) mass is 2100 g/mol. The molecular weight excluding hydrogens is 1970 g/mol. The molecule has 30 heteroatoms. The number of phenols is 4. The quantitative estimate of drug-likeness (QED) is 0.0531. The third-order valence-corrected chi connectivity index (χ3v) is 39.9. The van der Waals surface area contributed by atoms with Gasteiger partial charge in [0.25, 0.3) is 0 Å². The number of carbonyl (C=O) groups is 7. The summed E-state index contributed by atoms with van der Waals surface area (Å²) in [5, 5.41) is 112. The number of ketones is 7. The molecule has 4 unspecified atom stereocenters. The molecule has 23 atom stereocenters. The number of phenolic OH excluding ortho intramolecular Hbond substituents is 4. The summed E-state index contributed by atoms with van der Waals surface area (Å²) in [7, 11) is 9.00. The van der Waals surface area contributed by atoms with Gasteiger partial charge in [-0.3, -0.25) is 38.5 Å². The van der Waals surface area contributed by atoms with Crippen LogP contribution in [0.5, 0.6) is 46.0 Å². The number of halogens is 4. The Hall–Kier alpha value is -6.49. The lowest BCUT2D eigenvalue weighted by Gasteiger charge is -2.64. The zero-order valence-electron chi connectivity index (χ0n) is 76.7. The number of Topliss-reactive ketones (excluding diaryl/α,β-unsaturated/α-hetero) is 6. The van der Waals surface area contributed by atoms with Crippen LogP contribution in [0.3, 0.4) is 0 Å². The average Bonchev–Trinajstić information content (AvgIpc) is 1.49. The number of allylic oxidation sites excluding steroid dienone is 3. The Morgan fingerprint density at radius 2 is 0.769 bits per heavy atom. The molecule has 4 spiro atoms. The van der Waals surface area contributed by atoms with Gasteiger partial charge in [-0.2, -0.15) is 0 Å². The van der Waals surface area contributed by atoms with E-state index in [4.69, 9.17) is 18.9 Å². The molecule has 26 nitrogen and oxygen atoms in total. The number of fused-ring (bicyclic) bond motifs is 1. The number of hydrogen-bond acceptors (Lipinski definition) is 22. The highest BCUT2D eigenvalue weighted by Gasteiger charge is 2.83. The van der Waals surface area contributed by atoms with Crippen molar-refractivity contribution in [3.8, 4) is 46.0 Å². The Morgan fingerprint density at radius 1 is 0.396 bits per heavy atom. The van der Waals surface area contributed by atoms with Crippen molar-refractivity contribution in [2.24, 2.45) is 35.0 Å². The molecule has 10 bridgehead atoms. The molecule has 15 fully saturated rings. The van der Waals surface area contributed by atoms with E-state index in [1.54, 1.807) is 30.3 Å². The number of aliphatic hydroxyl groups is 6. The van der Waals surface area contributed by atoms with Crippen LogP contribution < -0.4 is 86.9 Å². The number of piperidine rings is 5. The van der Waals surface area contributed by atoms with Crippen molar-refractivity contribution in [3.63, 3.8) is 0 Å². The van der Waals surface area contributed by atoms with Crippen LogP contribution in [0.15, 0.2) is 83.7 Å². The normalized spacial score (nSPS) is 42.8. The summed E-state index contributed by atoms with van der Waals surface area (Å²) in [6.45, 7) is 9.81. The number of benzene rings is 4. The van der Waals surface area contributed by atoms with Crippen LogP contribution >= 0.6 is 0 Å². The number of likely N-dealkylation sites (tertiary alicyclic amines) is 5. The molecule has 0 amide bonds. The van der Waals surface area contributed by atoms with Gasteiger partial charge in [-0.25, -0.2) is 0 Å². The summed E-state index contributed by atoms with van der Waals surface area (Å²) < 4.78 is 27.4. The number of quaternary nitrogens is 4. The lowest BCUT2D eigenvalue weighted by atomic mass is 9.48. The summed E-state index contributed by atoms with van der Waals surface area (Å²) in [5.74, 6) is 4.70. The van der Waals surface area contributed by atoms with Crippen molar-refractivity contribution in [1.29, 1.82) is 0 Å². The maximum Gasteiger partial charge on any atom is 0.220 e. The second-order valence-corrected chi connectivity index (χ2v) is 46.8. The number of nitrogens with zero attached hydrogens (tertiary/aromatic N) is 5.